The Morgan fingerprint density at radius 1 is 0.721 bits per heavy atom. The number of aliphatic carboxylic acids is 1. The summed E-state index contributed by atoms with van der Waals surface area (Å²) in [6.45, 7) is 18.5. The van der Waals surface area contributed by atoms with E-state index in [1.54, 1.807) is 38.5 Å². The molecule has 10 nitrogen and oxygen atoms in total. The molecule has 43 heavy (non-hydrogen) atoms. The van der Waals surface area contributed by atoms with Crippen molar-refractivity contribution in [3.8, 4) is 0 Å². The number of carboxylic acids is 1. The van der Waals surface area contributed by atoms with E-state index in [9.17, 15) is 9.90 Å². The Morgan fingerprint density at radius 3 is 1.53 bits per heavy atom. The molecule has 0 atom stereocenters. The third-order valence-corrected chi connectivity index (χ3v) is 7.61. The van der Waals surface area contributed by atoms with Gasteiger partial charge in [0.25, 0.3) is 5.54 Å². The van der Waals surface area contributed by atoms with Gasteiger partial charge in [0.05, 0.1) is 12.0 Å². The Bertz CT molecular complexity index is 1900. The third-order valence-electron chi connectivity index (χ3n) is 7.61. The lowest BCUT2D eigenvalue weighted by Gasteiger charge is -2.21. The van der Waals surface area contributed by atoms with Gasteiger partial charge in [-0.25, -0.2) is 21.5 Å². The molecule has 2 N–H and O–H groups in total. The summed E-state index contributed by atoms with van der Waals surface area (Å²) >= 11 is 0. The Balaban J connectivity index is 0.000000148. The fraction of sp³-hybridized carbons (Fsp3) is 0.303. The van der Waals surface area contributed by atoms with Gasteiger partial charge in [-0.2, -0.15) is 0 Å². The average molecular weight is 580 g/mol. The monoisotopic (exact) mass is 579 g/mol. The molecule has 0 saturated heterocycles. The second kappa shape index (κ2) is 12.1. The highest BCUT2D eigenvalue weighted by molar-refractivity contribution is 5.80. The number of aliphatic hydroxyl groups excluding tert-OH is 1. The zero-order valence-corrected chi connectivity index (χ0v) is 25.3. The van der Waals surface area contributed by atoms with Gasteiger partial charge in [0.2, 0.25) is 0 Å². The van der Waals surface area contributed by atoms with Crippen LogP contribution in [0.1, 0.15) is 58.2 Å². The fourth-order valence-corrected chi connectivity index (χ4v) is 4.20. The van der Waals surface area contributed by atoms with Crippen LogP contribution in [-0.4, -0.2) is 50.9 Å². The third kappa shape index (κ3) is 6.74. The Kier molecular flexibility index (Phi) is 8.69. The van der Waals surface area contributed by atoms with Gasteiger partial charge in [-0.3, -0.25) is 4.79 Å². The molecule has 0 aliphatic carbocycles. The summed E-state index contributed by atoms with van der Waals surface area (Å²) in [5, 5.41) is 18.3. The first-order valence-corrected chi connectivity index (χ1v) is 13.8. The number of nitrogens with zero attached hydrogens (tertiary/aromatic N) is 7. The summed E-state index contributed by atoms with van der Waals surface area (Å²) in [6, 6.07) is 11.6. The standard InChI is InChI=1S/C11H11N3.C11H12N2O2.C11H14N2O/c1-11(2,12-3)9-4-6-14-7-5-13-10(14)8-9;1-11(2,10(14)15)8-3-5-13-6-4-12-9(13)7-8;1-11(2,8-14)9-3-5-13-6-4-12-10(13)7-9/h4-8H,1-2H3;3-7H,1-2H3,(H,14,15);3-7,14H,8H2,1-2H3. The van der Waals surface area contributed by atoms with E-state index in [2.05, 4.69) is 19.8 Å². The topological polar surface area (TPSA) is 114 Å². The minimum atomic E-state index is -0.881. The first-order valence-electron chi connectivity index (χ1n) is 13.8. The SMILES string of the molecule is CC(C)(C(=O)O)c1ccn2ccnc2c1.CC(C)(CO)c1ccn2ccnc2c1.[C-]#[N+]C(C)(C)c1ccn2ccnc2c1. The van der Waals surface area contributed by atoms with Crippen LogP contribution in [0.15, 0.2) is 92.2 Å². The molecule has 0 saturated carbocycles. The van der Waals surface area contributed by atoms with E-state index >= 15 is 0 Å². The number of fused-ring (bicyclic) bond motifs is 3. The van der Waals surface area contributed by atoms with Crippen LogP contribution in [0.25, 0.3) is 21.8 Å². The summed E-state index contributed by atoms with van der Waals surface area (Å²) in [4.78, 5) is 27.2. The number of aromatic nitrogens is 6. The molecule has 0 bridgehead atoms. The molecule has 10 heteroatoms. The highest BCUT2D eigenvalue weighted by Crippen LogP contribution is 2.26. The zero-order chi connectivity index (χ0) is 31.4. The van der Waals surface area contributed by atoms with Crippen LogP contribution < -0.4 is 0 Å². The Morgan fingerprint density at radius 2 is 1.12 bits per heavy atom. The van der Waals surface area contributed by atoms with Gasteiger partial charge >= 0.3 is 5.97 Å². The van der Waals surface area contributed by atoms with Crippen molar-refractivity contribution < 1.29 is 15.0 Å². The number of rotatable bonds is 5. The van der Waals surface area contributed by atoms with Gasteiger partial charge < -0.3 is 28.3 Å². The number of carboxylic acid groups (broad SMARTS) is 1. The number of carbonyl (C=O) groups is 1. The maximum absolute atomic E-state index is 11.1. The molecule has 222 valence electrons. The van der Waals surface area contributed by atoms with Gasteiger partial charge in [-0.15, -0.1) is 0 Å². The van der Waals surface area contributed by atoms with Crippen LogP contribution in [0.5, 0.6) is 0 Å². The van der Waals surface area contributed by atoms with Crippen molar-refractivity contribution in [1.82, 2.24) is 28.2 Å². The molecule has 0 aliphatic rings. The van der Waals surface area contributed by atoms with E-state index in [4.69, 9.17) is 11.7 Å². The normalized spacial score (nSPS) is 11.9. The minimum absolute atomic E-state index is 0.143. The predicted octanol–water partition coefficient (Wildman–Crippen LogP) is 5.79. The molecule has 6 aromatic rings. The van der Waals surface area contributed by atoms with Crippen molar-refractivity contribution in [3.05, 3.63) is 120 Å². The van der Waals surface area contributed by atoms with E-state index in [-0.39, 0.29) is 12.0 Å². The van der Waals surface area contributed by atoms with Crippen LogP contribution in [0.4, 0.5) is 0 Å². The molecule has 0 unspecified atom stereocenters. The number of imidazole rings is 3. The molecule has 0 aliphatic heterocycles. The van der Waals surface area contributed by atoms with Crippen molar-refractivity contribution >= 4 is 22.9 Å². The summed E-state index contributed by atoms with van der Waals surface area (Å²) in [5.74, 6) is -0.835. The summed E-state index contributed by atoms with van der Waals surface area (Å²) in [5.41, 5.74) is 3.90. The predicted molar refractivity (Wildman–Crippen MR) is 166 cm³/mol. The van der Waals surface area contributed by atoms with E-state index in [1.807, 2.05) is 108 Å². The maximum Gasteiger partial charge on any atom is 0.313 e. The Labute approximate surface area is 250 Å². The van der Waals surface area contributed by atoms with Crippen molar-refractivity contribution in [2.24, 2.45) is 0 Å². The largest absolute Gasteiger partial charge is 0.481 e. The second-order valence-electron chi connectivity index (χ2n) is 12.0. The number of aliphatic hydroxyl groups is 1. The van der Waals surface area contributed by atoms with Crippen molar-refractivity contribution in [3.63, 3.8) is 0 Å². The summed E-state index contributed by atoms with van der Waals surface area (Å²) < 4.78 is 5.74. The molecule has 0 amide bonds. The lowest BCUT2D eigenvalue weighted by molar-refractivity contribution is -0.142. The quantitative estimate of drug-likeness (QED) is 0.250. The lowest BCUT2D eigenvalue weighted by Crippen LogP contribution is -2.28. The van der Waals surface area contributed by atoms with Crippen molar-refractivity contribution in [2.45, 2.75) is 57.9 Å². The molecule has 0 spiro atoms. The number of hydrogen-bond donors (Lipinski definition) is 2. The molecule has 0 aromatic carbocycles. The number of hydrogen-bond acceptors (Lipinski definition) is 5. The number of pyridine rings is 3. The first-order chi connectivity index (χ1) is 20.3. The van der Waals surface area contributed by atoms with Crippen LogP contribution >= 0.6 is 0 Å². The molecule has 6 rings (SSSR count). The van der Waals surface area contributed by atoms with Gasteiger partial charge in [-0.05, 0) is 61.4 Å². The minimum Gasteiger partial charge on any atom is -0.481 e. The average Bonchev–Trinajstić information content (AvgIpc) is 3.77. The smallest absolute Gasteiger partial charge is 0.313 e. The van der Waals surface area contributed by atoms with Gasteiger partial charge in [0.15, 0.2) is 0 Å². The highest BCUT2D eigenvalue weighted by atomic mass is 16.4. The van der Waals surface area contributed by atoms with E-state index in [0.717, 1.165) is 33.6 Å². The second-order valence-corrected chi connectivity index (χ2v) is 12.0. The highest BCUT2D eigenvalue weighted by Gasteiger charge is 2.29. The van der Waals surface area contributed by atoms with Gasteiger partial charge in [0.1, 0.15) is 16.9 Å². The van der Waals surface area contributed by atoms with Crippen LogP contribution in [0.3, 0.4) is 0 Å². The molecule has 6 heterocycles. The van der Waals surface area contributed by atoms with Crippen molar-refractivity contribution in [1.29, 1.82) is 0 Å². The van der Waals surface area contributed by atoms with E-state index in [1.165, 1.54) is 0 Å². The summed E-state index contributed by atoms with van der Waals surface area (Å²) in [6.07, 6.45) is 16.6. The van der Waals surface area contributed by atoms with E-state index in [0.29, 0.717) is 0 Å². The Hall–Kier alpha value is -5.01. The lowest BCUT2D eigenvalue weighted by atomic mass is 9.85. The van der Waals surface area contributed by atoms with E-state index < -0.39 is 16.9 Å². The molecular weight excluding hydrogens is 542 g/mol. The van der Waals surface area contributed by atoms with Gasteiger partial charge in [0, 0.05) is 80.6 Å². The molecular formula is C33H37N7O3. The maximum atomic E-state index is 11.1. The van der Waals surface area contributed by atoms with Crippen LogP contribution in [0, 0.1) is 6.57 Å². The summed E-state index contributed by atoms with van der Waals surface area (Å²) in [7, 11) is 0. The molecule has 0 fully saturated rings. The molecule has 6 aromatic heterocycles. The first kappa shape index (κ1) is 30.9. The van der Waals surface area contributed by atoms with Crippen molar-refractivity contribution in [2.75, 3.05) is 6.61 Å². The van der Waals surface area contributed by atoms with Crippen LogP contribution in [0.2, 0.25) is 0 Å². The zero-order valence-electron chi connectivity index (χ0n) is 25.3. The van der Waals surface area contributed by atoms with Crippen LogP contribution in [-0.2, 0) is 21.2 Å². The fourth-order valence-electron chi connectivity index (χ4n) is 4.20. The van der Waals surface area contributed by atoms with Gasteiger partial charge in [-0.1, -0.05) is 13.8 Å². The molecule has 0 radical (unpaired) electrons.